The van der Waals surface area contributed by atoms with Crippen LogP contribution in [-0.2, 0) is 10.0 Å². The number of benzene rings is 2. The Labute approximate surface area is 181 Å². The lowest BCUT2D eigenvalue weighted by atomic mass is 10.2. The van der Waals surface area contributed by atoms with E-state index in [2.05, 4.69) is 15.5 Å². The van der Waals surface area contributed by atoms with Gasteiger partial charge in [0.2, 0.25) is 15.0 Å². The number of carbonyl (C=O) groups excluding carboxylic acids is 1. The van der Waals surface area contributed by atoms with Crippen LogP contribution in [0.15, 0.2) is 53.4 Å². The number of amides is 1. The van der Waals surface area contributed by atoms with Gasteiger partial charge in [-0.1, -0.05) is 47.2 Å². The van der Waals surface area contributed by atoms with E-state index in [1.54, 1.807) is 18.2 Å². The minimum absolute atomic E-state index is 0.0234. The fraction of sp³-hybridized carbons (Fsp3) is 0.211. The Morgan fingerprint density at radius 3 is 2.67 bits per heavy atom. The van der Waals surface area contributed by atoms with Crippen LogP contribution in [0.25, 0.3) is 0 Å². The van der Waals surface area contributed by atoms with Crippen LogP contribution in [0.1, 0.15) is 33.7 Å². The van der Waals surface area contributed by atoms with Gasteiger partial charge in [-0.05, 0) is 37.1 Å². The minimum atomic E-state index is -3.84. The molecule has 0 aliphatic carbocycles. The lowest BCUT2D eigenvalue weighted by Gasteiger charge is -2.22. The Morgan fingerprint density at radius 2 is 1.90 bits per heavy atom. The average Bonchev–Trinajstić information content (AvgIpc) is 3.39. The number of nitrogens with one attached hydrogen (secondary N) is 1. The van der Waals surface area contributed by atoms with Crippen molar-refractivity contribution in [1.82, 2.24) is 14.5 Å². The molecule has 7 nitrogen and oxygen atoms in total. The Hall–Kier alpha value is -2.40. The van der Waals surface area contributed by atoms with E-state index in [9.17, 15) is 17.6 Å². The second-order valence-corrected chi connectivity index (χ2v) is 9.86. The number of halogens is 2. The van der Waals surface area contributed by atoms with Gasteiger partial charge < -0.3 is 5.32 Å². The first-order valence-electron chi connectivity index (χ1n) is 9.03. The molecule has 1 amide bonds. The lowest BCUT2D eigenvalue weighted by molar-refractivity contribution is 0.102. The fourth-order valence-corrected chi connectivity index (χ4v) is 6.36. The van der Waals surface area contributed by atoms with Crippen LogP contribution < -0.4 is 5.32 Å². The van der Waals surface area contributed by atoms with E-state index in [1.165, 1.54) is 34.6 Å². The predicted molar refractivity (Wildman–Crippen MR) is 112 cm³/mol. The van der Waals surface area contributed by atoms with Gasteiger partial charge in [-0.15, -0.1) is 10.2 Å². The third-order valence-electron chi connectivity index (χ3n) is 4.67. The van der Waals surface area contributed by atoms with E-state index in [-0.39, 0.29) is 20.6 Å². The maximum atomic E-state index is 13.8. The molecule has 0 bridgehead atoms. The maximum absolute atomic E-state index is 13.8. The number of anilines is 1. The second kappa shape index (κ2) is 8.38. The molecule has 1 aliphatic heterocycles. The third-order valence-corrected chi connectivity index (χ3v) is 8.10. The van der Waals surface area contributed by atoms with E-state index in [1.807, 2.05) is 0 Å². The van der Waals surface area contributed by atoms with Crippen molar-refractivity contribution in [3.63, 3.8) is 0 Å². The molecule has 1 aliphatic rings. The molecule has 1 unspecified atom stereocenters. The Kier molecular flexibility index (Phi) is 5.83. The summed E-state index contributed by atoms with van der Waals surface area (Å²) in [5.74, 6) is -1.18. The van der Waals surface area contributed by atoms with Gasteiger partial charge in [0.25, 0.3) is 5.91 Å². The molecule has 0 saturated carbocycles. The summed E-state index contributed by atoms with van der Waals surface area (Å²) >= 11 is 7.09. The number of para-hydroxylation sites is 1. The number of hydrogen-bond donors (Lipinski definition) is 1. The van der Waals surface area contributed by atoms with Crippen LogP contribution in [0.5, 0.6) is 0 Å². The molecular formula is C19H16ClFN4O3S2. The molecule has 0 radical (unpaired) electrons. The summed E-state index contributed by atoms with van der Waals surface area (Å²) in [6.07, 6.45) is 1.19. The monoisotopic (exact) mass is 466 g/mol. The topological polar surface area (TPSA) is 92.3 Å². The molecule has 1 N–H and O–H groups in total. The van der Waals surface area contributed by atoms with E-state index in [0.717, 1.165) is 11.3 Å². The van der Waals surface area contributed by atoms with E-state index >= 15 is 0 Å². The average molecular weight is 467 g/mol. The van der Waals surface area contributed by atoms with E-state index in [4.69, 9.17) is 11.6 Å². The number of rotatable bonds is 5. The molecule has 1 fully saturated rings. The zero-order valence-electron chi connectivity index (χ0n) is 15.5. The zero-order chi connectivity index (χ0) is 21.3. The predicted octanol–water partition coefficient (Wildman–Crippen LogP) is 4.11. The second-order valence-electron chi connectivity index (χ2n) is 6.58. The van der Waals surface area contributed by atoms with E-state index in [0.29, 0.717) is 24.4 Å². The standard InChI is InChI=1S/C19H16ClFN4O3S2/c20-12-6-1-4-10-16(12)30(27,28)25-11-5-9-15(25)18-23-24-19(29-18)17(26)22-14-8-3-2-7-13(14)21/h1-4,6-8,10,15H,5,9,11H2,(H,22,26). The zero-order valence-corrected chi connectivity index (χ0v) is 17.8. The molecule has 2 aromatic carbocycles. The minimum Gasteiger partial charge on any atom is -0.317 e. The van der Waals surface area contributed by atoms with Gasteiger partial charge >= 0.3 is 0 Å². The van der Waals surface area contributed by atoms with Crippen LogP contribution in [0.4, 0.5) is 10.1 Å². The number of hydrogen-bond acceptors (Lipinski definition) is 6. The van der Waals surface area contributed by atoms with Crippen molar-refractivity contribution in [2.75, 3.05) is 11.9 Å². The lowest BCUT2D eigenvalue weighted by Crippen LogP contribution is -2.30. The third kappa shape index (κ3) is 3.95. The molecule has 3 aromatic rings. The molecule has 30 heavy (non-hydrogen) atoms. The summed E-state index contributed by atoms with van der Waals surface area (Å²) in [7, 11) is -3.84. The van der Waals surface area contributed by atoms with Crippen LogP contribution in [-0.4, -0.2) is 35.4 Å². The number of nitrogens with zero attached hydrogens (tertiary/aromatic N) is 3. The number of sulfonamides is 1. The highest BCUT2D eigenvalue weighted by atomic mass is 35.5. The van der Waals surface area contributed by atoms with Crippen molar-refractivity contribution in [2.45, 2.75) is 23.8 Å². The summed E-state index contributed by atoms with van der Waals surface area (Å²) < 4.78 is 41.4. The van der Waals surface area contributed by atoms with Gasteiger partial charge in [0.15, 0.2) is 0 Å². The van der Waals surface area contributed by atoms with Crippen LogP contribution in [0, 0.1) is 5.82 Å². The maximum Gasteiger partial charge on any atom is 0.286 e. The molecule has 4 rings (SSSR count). The van der Waals surface area contributed by atoms with Crippen molar-refractivity contribution in [3.8, 4) is 0 Å². The molecule has 1 atom stereocenters. The molecule has 156 valence electrons. The largest absolute Gasteiger partial charge is 0.317 e. The van der Waals surface area contributed by atoms with Gasteiger partial charge in [0.05, 0.1) is 16.8 Å². The van der Waals surface area contributed by atoms with Crippen LogP contribution in [0.3, 0.4) is 0 Å². The first-order chi connectivity index (χ1) is 14.4. The number of aromatic nitrogens is 2. The summed E-state index contributed by atoms with van der Waals surface area (Å²) in [6.45, 7) is 0.314. The quantitative estimate of drug-likeness (QED) is 0.611. The molecule has 0 spiro atoms. The van der Waals surface area contributed by atoms with Crippen molar-refractivity contribution in [3.05, 3.63) is 69.4 Å². The first kappa shape index (κ1) is 20.9. The Morgan fingerprint density at radius 1 is 1.17 bits per heavy atom. The highest BCUT2D eigenvalue weighted by Crippen LogP contribution is 2.39. The summed E-state index contributed by atoms with van der Waals surface area (Å²) in [5.41, 5.74) is 0.0306. The smallest absolute Gasteiger partial charge is 0.286 e. The highest BCUT2D eigenvalue weighted by molar-refractivity contribution is 7.89. The van der Waals surface area contributed by atoms with Crippen LogP contribution in [0.2, 0.25) is 5.02 Å². The van der Waals surface area contributed by atoms with Gasteiger partial charge in [0, 0.05) is 6.54 Å². The molecule has 1 saturated heterocycles. The van der Waals surface area contributed by atoms with Gasteiger partial charge in [0.1, 0.15) is 15.7 Å². The first-order valence-corrected chi connectivity index (χ1v) is 11.7. The van der Waals surface area contributed by atoms with Crippen molar-refractivity contribution >= 4 is 44.6 Å². The Balaban J connectivity index is 1.57. The van der Waals surface area contributed by atoms with Gasteiger partial charge in [-0.25, -0.2) is 12.8 Å². The van der Waals surface area contributed by atoms with Crippen LogP contribution >= 0.6 is 22.9 Å². The summed E-state index contributed by atoms with van der Waals surface area (Å²) in [4.78, 5) is 12.4. The molecule has 11 heteroatoms. The van der Waals surface area contributed by atoms with Gasteiger partial charge in [-0.2, -0.15) is 4.31 Å². The SMILES string of the molecule is O=C(Nc1ccccc1F)c1nnc(C2CCCN2S(=O)(=O)c2ccccc2Cl)s1. The normalized spacial score (nSPS) is 17.2. The van der Waals surface area contributed by atoms with Crippen molar-refractivity contribution < 1.29 is 17.6 Å². The fourth-order valence-electron chi connectivity index (χ4n) is 3.25. The highest BCUT2D eigenvalue weighted by Gasteiger charge is 2.39. The molecule has 2 heterocycles. The van der Waals surface area contributed by atoms with Crippen molar-refractivity contribution in [1.29, 1.82) is 0 Å². The molecular weight excluding hydrogens is 451 g/mol. The van der Waals surface area contributed by atoms with E-state index < -0.39 is 27.8 Å². The molecule has 1 aromatic heterocycles. The van der Waals surface area contributed by atoms with Crippen molar-refractivity contribution in [2.24, 2.45) is 0 Å². The summed E-state index contributed by atoms with van der Waals surface area (Å²) in [5, 5.41) is 10.9. The Bertz CT molecular complexity index is 1200. The summed E-state index contributed by atoms with van der Waals surface area (Å²) in [6, 6.07) is 11.5. The van der Waals surface area contributed by atoms with Gasteiger partial charge in [-0.3, -0.25) is 4.79 Å². The number of carbonyl (C=O) groups is 1.